The van der Waals surface area contributed by atoms with Crippen LogP contribution >= 0.6 is 0 Å². The molecular formula is C13H27N3O. The smallest absolute Gasteiger partial charge is 0.237 e. The van der Waals surface area contributed by atoms with Gasteiger partial charge < -0.3 is 16.0 Å². The fourth-order valence-electron chi connectivity index (χ4n) is 2.23. The Morgan fingerprint density at radius 2 is 2.12 bits per heavy atom. The number of carbonyl (C=O) groups is 1. The zero-order valence-corrected chi connectivity index (χ0v) is 11.5. The van der Waals surface area contributed by atoms with Crippen molar-refractivity contribution in [2.75, 3.05) is 20.1 Å². The Balaban J connectivity index is 2.19. The van der Waals surface area contributed by atoms with Crippen molar-refractivity contribution >= 4 is 5.91 Å². The summed E-state index contributed by atoms with van der Waals surface area (Å²) in [7, 11) is 2.19. The molecule has 0 saturated heterocycles. The first-order chi connectivity index (χ1) is 7.99. The average Bonchev–Trinajstić information content (AvgIpc) is 3.08. The minimum absolute atomic E-state index is 0.241. The molecule has 100 valence electrons. The van der Waals surface area contributed by atoms with E-state index in [1.165, 1.54) is 12.8 Å². The van der Waals surface area contributed by atoms with Crippen LogP contribution in [0.2, 0.25) is 0 Å². The van der Waals surface area contributed by atoms with Crippen molar-refractivity contribution in [1.29, 1.82) is 0 Å². The number of nitrogens with one attached hydrogen (secondary N) is 1. The van der Waals surface area contributed by atoms with Crippen molar-refractivity contribution in [3.63, 3.8) is 0 Å². The van der Waals surface area contributed by atoms with Gasteiger partial charge in [-0.2, -0.15) is 0 Å². The predicted octanol–water partition coefficient (Wildman–Crippen LogP) is 1.10. The molecule has 17 heavy (non-hydrogen) atoms. The summed E-state index contributed by atoms with van der Waals surface area (Å²) in [5, 5.41) is 3.19. The van der Waals surface area contributed by atoms with Crippen LogP contribution in [-0.2, 0) is 4.79 Å². The molecule has 4 heteroatoms. The molecule has 3 N–H and O–H groups in total. The molecule has 0 spiro atoms. The van der Waals surface area contributed by atoms with Crippen LogP contribution in [-0.4, -0.2) is 42.5 Å². The standard InChI is InChI=1S/C13H27N3O/c1-4-15-13(2,12(14)17)9-5-6-10-16(3)11-7-8-11/h11,15H,4-10H2,1-3H3,(H2,14,17). The summed E-state index contributed by atoms with van der Waals surface area (Å²) in [5.74, 6) is -0.241. The molecule has 0 aromatic heterocycles. The second kappa shape index (κ2) is 6.36. The van der Waals surface area contributed by atoms with Gasteiger partial charge in [-0.3, -0.25) is 4.79 Å². The minimum atomic E-state index is -0.535. The van der Waals surface area contributed by atoms with E-state index in [-0.39, 0.29) is 5.91 Å². The van der Waals surface area contributed by atoms with Gasteiger partial charge in [0.2, 0.25) is 5.91 Å². The molecule has 1 fully saturated rings. The summed E-state index contributed by atoms with van der Waals surface area (Å²) < 4.78 is 0. The molecule has 1 rings (SSSR count). The predicted molar refractivity (Wildman–Crippen MR) is 70.8 cm³/mol. The zero-order valence-electron chi connectivity index (χ0n) is 11.5. The van der Waals surface area contributed by atoms with Gasteiger partial charge in [-0.05, 0) is 59.2 Å². The van der Waals surface area contributed by atoms with Crippen molar-refractivity contribution < 1.29 is 4.79 Å². The Kier molecular flexibility index (Phi) is 5.40. The molecule has 1 atom stereocenters. The van der Waals surface area contributed by atoms with E-state index >= 15 is 0 Å². The lowest BCUT2D eigenvalue weighted by molar-refractivity contribution is -0.124. The average molecular weight is 241 g/mol. The van der Waals surface area contributed by atoms with Gasteiger partial charge in [0, 0.05) is 6.04 Å². The number of primary amides is 1. The fourth-order valence-corrected chi connectivity index (χ4v) is 2.23. The van der Waals surface area contributed by atoms with E-state index < -0.39 is 5.54 Å². The van der Waals surface area contributed by atoms with Crippen LogP contribution in [0, 0.1) is 0 Å². The second-order valence-electron chi connectivity index (χ2n) is 5.40. The Hall–Kier alpha value is -0.610. The topological polar surface area (TPSA) is 58.4 Å². The second-order valence-corrected chi connectivity index (χ2v) is 5.40. The van der Waals surface area contributed by atoms with Crippen molar-refractivity contribution in [3.05, 3.63) is 0 Å². The Labute approximate surface area is 105 Å². The largest absolute Gasteiger partial charge is 0.368 e. The van der Waals surface area contributed by atoms with E-state index in [0.29, 0.717) is 0 Å². The van der Waals surface area contributed by atoms with Gasteiger partial charge in [0.25, 0.3) is 0 Å². The van der Waals surface area contributed by atoms with Gasteiger partial charge in [-0.25, -0.2) is 0 Å². The van der Waals surface area contributed by atoms with Crippen LogP contribution in [0.3, 0.4) is 0 Å². The number of rotatable bonds is 9. The van der Waals surface area contributed by atoms with Gasteiger partial charge in [0.1, 0.15) is 0 Å². The first-order valence-electron chi connectivity index (χ1n) is 6.75. The highest BCUT2D eigenvalue weighted by Crippen LogP contribution is 2.25. The monoisotopic (exact) mass is 241 g/mol. The fraction of sp³-hybridized carbons (Fsp3) is 0.923. The normalized spacial score (nSPS) is 19.3. The summed E-state index contributed by atoms with van der Waals surface area (Å²) in [5.41, 5.74) is 4.91. The minimum Gasteiger partial charge on any atom is -0.368 e. The van der Waals surface area contributed by atoms with E-state index in [0.717, 1.165) is 38.4 Å². The molecule has 0 bridgehead atoms. The van der Waals surface area contributed by atoms with Crippen molar-refractivity contribution in [2.24, 2.45) is 5.73 Å². The first-order valence-corrected chi connectivity index (χ1v) is 6.75. The summed E-state index contributed by atoms with van der Waals surface area (Å²) in [6.07, 6.45) is 5.72. The van der Waals surface area contributed by atoms with Crippen molar-refractivity contribution in [3.8, 4) is 0 Å². The van der Waals surface area contributed by atoms with Gasteiger partial charge in [-0.1, -0.05) is 6.92 Å². The summed E-state index contributed by atoms with van der Waals surface area (Å²) >= 11 is 0. The third-order valence-electron chi connectivity index (χ3n) is 3.72. The SMILES string of the molecule is CCNC(C)(CCCCN(C)C1CC1)C(N)=O. The van der Waals surface area contributed by atoms with Crippen LogP contribution in [0.1, 0.15) is 46.0 Å². The molecule has 4 nitrogen and oxygen atoms in total. The highest BCUT2D eigenvalue weighted by atomic mass is 16.1. The number of nitrogens with zero attached hydrogens (tertiary/aromatic N) is 1. The van der Waals surface area contributed by atoms with Gasteiger partial charge in [-0.15, -0.1) is 0 Å². The Morgan fingerprint density at radius 3 is 2.59 bits per heavy atom. The molecular weight excluding hydrogens is 214 g/mol. The van der Waals surface area contributed by atoms with E-state index in [1.54, 1.807) is 0 Å². The molecule has 0 aliphatic heterocycles. The highest BCUT2D eigenvalue weighted by Gasteiger charge is 2.29. The van der Waals surface area contributed by atoms with Gasteiger partial charge in [0.15, 0.2) is 0 Å². The molecule has 0 heterocycles. The molecule has 1 aliphatic rings. The summed E-state index contributed by atoms with van der Waals surface area (Å²) in [6.45, 7) is 5.82. The lowest BCUT2D eigenvalue weighted by Gasteiger charge is -2.27. The molecule has 0 radical (unpaired) electrons. The zero-order chi connectivity index (χ0) is 12.9. The number of hydrogen-bond donors (Lipinski definition) is 2. The van der Waals surface area contributed by atoms with Crippen LogP contribution in [0.15, 0.2) is 0 Å². The summed E-state index contributed by atoms with van der Waals surface area (Å²) in [6, 6.07) is 0.825. The van der Waals surface area contributed by atoms with Gasteiger partial charge >= 0.3 is 0 Å². The van der Waals surface area contributed by atoms with E-state index in [2.05, 4.69) is 17.3 Å². The molecule has 1 unspecified atom stereocenters. The molecule has 0 aromatic rings. The maximum atomic E-state index is 11.4. The summed E-state index contributed by atoms with van der Waals surface area (Å²) in [4.78, 5) is 13.8. The number of unbranched alkanes of at least 4 members (excludes halogenated alkanes) is 1. The Bertz CT molecular complexity index is 253. The number of nitrogens with two attached hydrogens (primary N) is 1. The third kappa shape index (κ3) is 4.64. The van der Waals surface area contributed by atoms with Crippen LogP contribution in [0.25, 0.3) is 0 Å². The molecule has 1 saturated carbocycles. The van der Waals surface area contributed by atoms with E-state index in [9.17, 15) is 4.79 Å². The number of amides is 1. The highest BCUT2D eigenvalue weighted by molar-refractivity contribution is 5.84. The van der Waals surface area contributed by atoms with Crippen LogP contribution < -0.4 is 11.1 Å². The molecule has 1 aliphatic carbocycles. The van der Waals surface area contributed by atoms with Crippen LogP contribution in [0.4, 0.5) is 0 Å². The number of likely N-dealkylation sites (N-methyl/N-ethyl adjacent to an activating group) is 1. The third-order valence-corrected chi connectivity index (χ3v) is 3.72. The molecule has 1 amide bonds. The first kappa shape index (κ1) is 14.5. The lowest BCUT2D eigenvalue weighted by Crippen LogP contribution is -2.53. The maximum absolute atomic E-state index is 11.4. The van der Waals surface area contributed by atoms with Crippen molar-refractivity contribution in [1.82, 2.24) is 10.2 Å². The Morgan fingerprint density at radius 1 is 1.47 bits per heavy atom. The van der Waals surface area contributed by atoms with Crippen LogP contribution in [0.5, 0.6) is 0 Å². The molecule has 0 aromatic carbocycles. The van der Waals surface area contributed by atoms with Crippen molar-refractivity contribution in [2.45, 2.75) is 57.5 Å². The number of carbonyl (C=O) groups excluding carboxylic acids is 1. The van der Waals surface area contributed by atoms with Gasteiger partial charge in [0.05, 0.1) is 5.54 Å². The number of hydrogen-bond acceptors (Lipinski definition) is 3. The van der Waals surface area contributed by atoms with E-state index in [1.807, 2.05) is 13.8 Å². The van der Waals surface area contributed by atoms with E-state index in [4.69, 9.17) is 5.73 Å². The maximum Gasteiger partial charge on any atom is 0.237 e. The quantitative estimate of drug-likeness (QED) is 0.594. The lowest BCUT2D eigenvalue weighted by atomic mass is 9.94.